The van der Waals surface area contributed by atoms with E-state index in [9.17, 15) is 4.79 Å². The number of hydrogen-bond acceptors (Lipinski definition) is 5. The van der Waals surface area contributed by atoms with E-state index in [2.05, 4.69) is 23.8 Å². The molecule has 1 aromatic rings. The number of amides is 1. The average Bonchev–Trinajstić information content (AvgIpc) is 2.58. The Kier molecular flexibility index (Phi) is 3.73. The number of anilines is 1. The Morgan fingerprint density at radius 2 is 2.32 bits per heavy atom. The fourth-order valence-electron chi connectivity index (χ4n) is 1.72. The fourth-order valence-corrected chi connectivity index (χ4v) is 1.72. The molecule has 0 aromatic carbocycles. The van der Waals surface area contributed by atoms with E-state index >= 15 is 0 Å². The van der Waals surface area contributed by atoms with Crippen molar-refractivity contribution in [1.82, 2.24) is 14.9 Å². The molecule has 0 fully saturated rings. The van der Waals surface area contributed by atoms with E-state index in [1.165, 1.54) is 4.90 Å². The normalized spacial score (nSPS) is 14.6. The summed E-state index contributed by atoms with van der Waals surface area (Å²) in [4.78, 5) is 22.9. The van der Waals surface area contributed by atoms with E-state index in [1.54, 1.807) is 6.20 Å². The molecule has 0 saturated heterocycles. The number of carboxylic acid groups (broad SMARTS) is 1. The van der Waals surface area contributed by atoms with E-state index in [1.807, 2.05) is 11.9 Å². The number of fused-ring (bicyclic) bond motifs is 1. The van der Waals surface area contributed by atoms with Gasteiger partial charge in [-0.2, -0.15) is 4.98 Å². The van der Waals surface area contributed by atoms with Crippen LogP contribution >= 0.6 is 0 Å². The van der Waals surface area contributed by atoms with E-state index in [4.69, 9.17) is 9.84 Å². The molecule has 1 N–H and O–H groups in total. The molecule has 1 amide bonds. The highest BCUT2D eigenvalue weighted by Crippen LogP contribution is 2.22. The maximum absolute atomic E-state index is 11.0. The molecule has 0 saturated carbocycles. The summed E-state index contributed by atoms with van der Waals surface area (Å²) in [5, 5.41) is 9.02. The van der Waals surface area contributed by atoms with Crippen molar-refractivity contribution in [2.45, 2.75) is 26.4 Å². The number of hydrogen-bond donors (Lipinski definition) is 1. The van der Waals surface area contributed by atoms with Gasteiger partial charge in [-0.25, -0.2) is 9.78 Å². The highest BCUT2D eigenvalue weighted by atomic mass is 16.5. The van der Waals surface area contributed by atoms with Gasteiger partial charge in [0.15, 0.2) is 5.82 Å². The van der Waals surface area contributed by atoms with Crippen LogP contribution in [-0.2, 0) is 6.54 Å². The standard InChI is InChI=1S/C12H18N4O3/c1-8(2)15(3)10-6-13-9-7-16(12(17)18)4-5-19-11(9)14-10/h6,8H,4-5,7H2,1-3H3,(H,17,18). The summed E-state index contributed by atoms with van der Waals surface area (Å²) in [6.07, 6.45) is 0.676. The lowest BCUT2D eigenvalue weighted by Gasteiger charge is -2.22. The Hall–Kier alpha value is -2.05. The summed E-state index contributed by atoms with van der Waals surface area (Å²) >= 11 is 0. The first-order chi connectivity index (χ1) is 8.99. The Labute approximate surface area is 111 Å². The van der Waals surface area contributed by atoms with Crippen molar-refractivity contribution in [2.75, 3.05) is 25.1 Å². The molecule has 0 radical (unpaired) electrons. The summed E-state index contributed by atoms with van der Waals surface area (Å²) < 4.78 is 5.49. The van der Waals surface area contributed by atoms with Gasteiger partial charge in [-0.1, -0.05) is 0 Å². The number of nitrogens with zero attached hydrogens (tertiary/aromatic N) is 4. The lowest BCUT2D eigenvalue weighted by Crippen LogP contribution is -2.31. The van der Waals surface area contributed by atoms with Gasteiger partial charge in [-0.3, -0.25) is 4.90 Å². The van der Waals surface area contributed by atoms with Crippen LogP contribution in [0.1, 0.15) is 19.5 Å². The van der Waals surface area contributed by atoms with Gasteiger partial charge in [0, 0.05) is 13.1 Å². The first-order valence-corrected chi connectivity index (χ1v) is 6.18. The maximum atomic E-state index is 11.0. The molecular weight excluding hydrogens is 248 g/mol. The van der Waals surface area contributed by atoms with Crippen molar-refractivity contribution in [3.8, 4) is 5.88 Å². The SMILES string of the molecule is CC(C)N(C)c1cnc2c(n1)OCCN(C(=O)O)C2. The van der Waals surface area contributed by atoms with Crippen LogP contribution in [0.4, 0.5) is 10.6 Å². The van der Waals surface area contributed by atoms with Crippen LogP contribution in [0.15, 0.2) is 6.20 Å². The van der Waals surface area contributed by atoms with Crippen LogP contribution in [0.5, 0.6) is 5.88 Å². The van der Waals surface area contributed by atoms with Crippen LogP contribution in [0, 0.1) is 0 Å². The van der Waals surface area contributed by atoms with Crippen molar-refractivity contribution in [2.24, 2.45) is 0 Å². The van der Waals surface area contributed by atoms with Gasteiger partial charge < -0.3 is 14.7 Å². The minimum absolute atomic E-state index is 0.212. The number of ether oxygens (including phenoxy) is 1. The first kappa shape index (κ1) is 13.4. The van der Waals surface area contributed by atoms with Gasteiger partial charge >= 0.3 is 6.09 Å². The van der Waals surface area contributed by atoms with Gasteiger partial charge in [0.05, 0.1) is 19.3 Å². The van der Waals surface area contributed by atoms with Crippen molar-refractivity contribution in [3.63, 3.8) is 0 Å². The molecule has 0 atom stereocenters. The number of rotatable bonds is 2. The van der Waals surface area contributed by atoms with Crippen LogP contribution in [0.2, 0.25) is 0 Å². The van der Waals surface area contributed by atoms with Crippen LogP contribution < -0.4 is 9.64 Å². The van der Waals surface area contributed by atoms with Crippen LogP contribution in [-0.4, -0.2) is 52.3 Å². The zero-order valence-electron chi connectivity index (χ0n) is 11.3. The monoisotopic (exact) mass is 266 g/mol. The minimum atomic E-state index is -0.971. The molecule has 2 heterocycles. The quantitative estimate of drug-likeness (QED) is 0.866. The molecule has 1 aromatic heterocycles. The predicted octanol–water partition coefficient (Wildman–Crippen LogP) is 1.19. The third-order valence-electron chi connectivity index (χ3n) is 3.15. The Morgan fingerprint density at radius 1 is 1.58 bits per heavy atom. The highest BCUT2D eigenvalue weighted by molar-refractivity contribution is 5.65. The van der Waals surface area contributed by atoms with E-state index in [-0.39, 0.29) is 6.54 Å². The number of aromatic nitrogens is 2. The summed E-state index contributed by atoms with van der Waals surface area (Å²) in [7, 11) is 1.93. The summed E-state index contributed by atoms with van der Waals surface area (Å²) in [6.45, 7) is 4.94. The highest BCUT2D eigenvalue weighted by Gasteiger charge is 2.22. The van der Waals surface area contributed by atoms with Gasteiger partial charge in [-0.05, 0) is 13.8 Å². The largest absolute Gasteiger partial charge is 0.474 e. The zero-order chi connectivity index (χ0) is 14.0. The summed E-state index contributed by atoms with van der Waals surface area (Å²) in [6, 6.07) is 0.300. The molecule has 1 aliphatic rings. The van der Waals surface area contributed by atoms with E-state index < -0.39 is 6.09 Å². The molecule has 2 rings (SSSR count). The lowest BCUT2D eigenvalue weighted by atomic mass is 10.3. The molecule has 19 heavy (non-hydrogen) atoms. The van der Waals surface area contributed by atoms with Crippen molar-refractivity contribution in [3.05, 3.63) is 11.9 Å². The maximum Gasteiger partial charge on any atom is 0.407 e. The topological polar surface area (TPSA) is 78.8 Å². The summed E-state index contributed by atoms with van der Waals surface area (Å²) in [5.41, 5.74) is 0.556. The Morgan fingerprint density at radius 3 is 2.95 bits per heavy atom. The van der Waals surface area contributed by atoms with E-state index in [0.29, 0.717) is 30.8 Å². The molecule has 1 aliphatic heterocycles. The predicted molar refractivity (Wildman–Crippen MR) is 69.5 cm³/mol. The lowest BCUT2D eigenvalue weighted by molar-refractivity contribution is 0.137. The van der Waals surface area contributed by atoms with Gasteiger partial charge in [0.2, 0.25) is 5.88 Å². The second-order valence-corrected chi connectivity index (χ2v) is 4.74. The molecule has 104 valence electrons. The zero-order valence-corrected chi connectivity index (χ0v) is 11.3. The second-order valence-electron chi connectivity index (χ2n) is 4.74. The van der Waals surface area contributed by atoms with Gasteiger partial charge in [0.25, 0.3) is 0 Å². The number of carbonyl (C=O) groups is 1. The summed E-state index contributed by atoms with van der Waals surface area (Å²) in [5.74, 6) is 1.14. The third-order valence-corrected chi connectivity index (χ3v) is 3.15. The Balaban J connectivity index is 2.26. The second kappa shape index (κ2) is 5.29. The molecule has 7 nitrogen and oxygen atoms in total. The molecule has 0 unspecified atom stereocenters. The molecule has 0 spiro atoms. The first-order valence-electron chi connectivity index (χ1n) is 6.18. The molecule has 0 bridgehead atoms. The Bertz CT molecular complexity index is 478. The van der Waals surface area contributed by atoms with Crippen LogP contribution in [0.25, 0.3) is 0 Å². The van der Waals surface area contributed by atoms with Crippen molar-refractivity contribution >= 4 is 11.9 Å². The average molecular weight is 266 g/mol. The third kappa shape index (κ3) is 2.86. The van der Waals surface area contributed by atoms with Gasteiger partial charge in [0.1, 0.15) is 12.3 Å². The molecular formula is C12H18N4O3. The minimum Gasteiger partial charge on any atom is -0.474 e. The van der Waals surface area contributed by atoms with E-state index in [0.717, 1.165) is 5.82 Å². The van der Waals surface area contributed by atoms with Crippen molar-refractivity contribution in [1.29, 1.82) is 0 Å². The van der Waals surface area contributed by atoms with Gasteiger partial charge in [-0.15, -0.1) is 0 Å². The fraction of sp³-hybridized carbons (Fsp3) is 0.583. The smallest absolute Gasteiger partial charge is 0.407 e. The van der Waals surface area contributed by atoms with Crippen LogP contribution in [0.3, 0.4) is 0 Å². The molecule has 0 aliphatic carbocycles. The van der Waals surface area contributed by atoms with Crippen molar-refractivity contribution < 1.29 is 14.6 Å². The molecule has 7 heteroatoms.